The monoisotopic (exact) mass is 623 g/mol. The van der Waals surface area contributed by atoms with Crippen LogP contribution in [0.1, 0.15) is 63.9 Å². The zero-order valence-corrected chi connectivity index (χ0v) is 25.7. The Balaban J connectivity index is 1.28. The average Bonchev–Trinajstić information content (AvgIpc) is 3.26. The van der Waals surface area contributed by atoms with Crippen molar-refractivity contribution in [3.63, 3.8) is 0 Å². The molecule has 8 rings (SSSR count). The lowest BCUT2D eigenvalue weighted by atomic mass is 9.94. The van der Waals surface area contributed by atoms with Crippen LogP contribution < -0.4 is 9.64 Å². The molecule has 1 aromatic carbocycles. The number of rotatable bonds is 6. The van der Waals surface area contributed by atoms with Gasteiger partial charge in [-0.3, -0.25) is 15.0 Å². The lowest BCUT2D eigenvalue weighted by Gasteiger charge is -2.38. The predicted octanol–water partition coefficient (Wildman–Crippen LogP) is 5.79. The summed E-state index contributed by atoms with van der Waals surface area (Å²) in [4.78, 5) is 18.2. The summed E-state index contributed by atoms with van der Waals surface area (Å²) in [5, 5.41) is 19.8. The summed E-state index contributed by atoms with van der Waals surface area (Å²) in [5.74, 6) is 0.496. The molecule has 0 unspecified atom stereocenters. The third kappa shape index (κ3) is 4.61. The van der Waals surface area contributed by atoms with Crippen molar-refractivity contribution in [1.82, 2.24) is 30.0 Å². The Kier molecular flexibility index (Phi) is 6.56. The number of halogens is 3. The fourth-order valence-electron chi connectivity index (χ4n) is 7.97. The summed E-state index contributed by atoms with van der Waals surface area (Å²) >= 11 is 6.82. The van der Waals surface area contributed by atoms with Gasteiger partial charge in [0, 0.05) is 48.2 Å². The largest absolute Gasteiger partial charge is 0.461 e. The van der Waals surface area contributed by atoms with Crippen molar-refractivity contribution < 1.29 is 18.6 Å². The quantitative estimate of drug-likeness (QED) is 0.278. The Hall–Kier alpha value is -3.15. The first-order valence-corrected chi connectivity index (χ1v) is 16.0. The minimum absolute atomic E-state index is 0.0351. The first-order chi connectivity index (χ1) is 21.1. The van der Waals surface area contributed by atoms with E-state index in [9.17, 15) is 9.50 Å². The number of anilines is 1. The summed E-state index contributed by atoms with van der Waals surface area (Å²) in [6, 6.07) is 1.88. The van der Waals surface area contributed by atoms with Crippen molar-refractivity contribution in [2.24, 2.45) is 5.92 Å². The number of pyridine rings is 1. The predicted molar refractivity (Wildman–Crippen MR) is 165 cm³/mol. The number of aromatic nitrogens is 5. The molecule has 3 aliphatic heterocycles. The summed E-state index contributed by atoms with van der Waals surface area (Å²) < 4.78 is 37.7. The van der Waals surface area contributed by atoms with E-state index in [1.54, 1.807) is 19.3 Å². The van der Waals surface area contributed by atoms with Crippen LogP contribution in [0.2, 0.25) is 5.02 Å². The normalized spacial score (nSPS) is 30.4. The van der Waals surface area contributed by atoms with Crippen LogP contribution in [0.3, 0.4) is 0 Å². The van der Waals surface area contributed by atoms with Crippen LogP contribution in [0.15, 0.2) is 18.5 Å². The second-order valence-corrected chi connectivity index (χ2v) is 14.1. The molecule has 2 N–H and O–H groups in total. The van der Waals surface area contributed by atoms with E-state index in [0.717, 1.165) is 43.2 Å². The number of alkyl halides is 1. The second-order valence-electron chi connectivity index (χ2n) is 13.7. The SMILES string of the molecule is C[C@H]1C[C@H]1c1c(Cl)cc2[nH]ncc2c1-c1ncc2c(N3CCC[C@@](C)(O)C3)nc(OC[C@@]34CCCN3C[C@H](F)C4)nc2c1F. The Morgan fingerprint density at radius 1 is 1.18 bits per heavy atom. The minimum Gasteiger partial charge on any atom is -0.461 e. The highest BCUT2D eigenvalue weighted by Crippen LogP contribution is 2.54. The van der Waals surface area contributed by atoms with E-state index in [4.69, 9.17) is 26.3 Å². The summed E-state index contributed by atoms with van der Waals surface area (Å²) in [6.07, 6.45) is 7.01. The van der Waals surface area contributed by atoms with E-state index in [2.05, 4.69) is 27.0 Å². The maximum Gasteiger partial charge on any atom is 0.319 e. The zero-order chi connectivity index (χ0) is 30.4. The van der Waals surface area contributed by atoms with Gasteiger partial charge in [0.05, 0.1) is 28.2 Å². The highest BCUT2D eigenvalue weighted by atomic mass is 35.5. The molecule has 0 radical (unpaired) electrons. The first-order valence-electron chi connectivity index (χ1n) is 15.6. The number of nitrogens with one attached hydrogen (secondary N) is 1. The van der Waals surface area contributed by atoms with E-state index in [0.29, 0.717) is 65.7 Å². The van der Waals surface area contributed by atoms with Crippen molar-refractivity contribution in [2.75, 3.05) is 37.7 Å². The molecule has 12 heteroatoms. The van der Waals surface area contributed by atoms with Gasteiger partial charge < -0.3 is 14.7 Å². The molecule has 1 saturated carbocycles. The van der Waals surface area contributed by atoms with E-state index in [-0.39, 0.29) is 29.7 Å². The number of nitrogens with zero attached hydrogens (tertiary/aromatic N) is 6. The van der Waals surface area contributed by atoms with Crippen molar-refractivity contribution in [1.29, 1.82) is 0 Å². The molecular weight excluding hydrogens is 588 g/mol. The number of hydrogen-bond donors (Lipinski definition) is 2. The van der Waals surface area contributed by atoms with Gasteiger partial charge in [-0.1, -0.05) is 18.5 Å². The number of piperidine rings is 1. The number of aromatic amines is 1. The van der Waals surface area contributed by atoms with Crippen molar-refractivity contribution in [2.45, 2.75) is 75.6 Å². The fourth-order valence-corrected chi connectivity index (χ4v) is 8.31. The Labute approximate surface area is 259 Å². The molecule has 232 valence electrons. The van der Waals surface area contributed by atoms with Gasteiger partial charge in [-0.15, -0.1) is 0 Å². The smallest absolute Gasteiger partial charge is 0.319 e. The molecule has 0 spiro atoms. The molecule has 3 aromatic heterocycles. The van der Waals surface area contributed by atoms with Gasteiger partial charge in [0.2, 0.25) is 0 Å². The van der Waals surface area contributed by atoms with E-state index in [1.807, 2.05) is 11.0 Å². The molecular formula is C32H36ClF2N7O2. The van der Waals surface area contributed by atoms with E-state index in [1.165, 1.54) is 0 Å². The number of aliphatic hydroxyl groups is 1. The van der Waals surface area contributed by atoms with Gasteiger partial charge in [0.15, 0.2) is 5.82 Å². The summed E-state index contributed by atoms with van der Waals surface area (Å²) in [6.45, 7) is 6.40. The van der Waals surface area contributed by atoms with Gasteiger partial charge in [0.25, 0.3) is 0 Å². The minimum atomic E-state index is -0.921. The van der Waals surface area contributed by atoms with Crippen molar-refractivity contribution in [3.05, 3.63) is 34.9 Å². The van der Waals surface area contributed by atoms with E-state index >= 15 is 4.39 Å². The summed E-state index contributed by atoms with van der Waals surface area (Å²) in [5.41, 5.74) is 1.11. The number of β-amino-alcohol motifs (C(OH)–C–C–N with tert-alkyl or cyclic N) is 1. The van der Waals surface area contributed by atoms with E-state index < -0.39 is 23.1 Å². The topological polar surface area (TPSA) is 103 Å². The molecule has 9 nitrogen and oxygen atoms in total. The molecule has 6 heterocycles. The van der Waals surface area contributed by atoms with Crippen LogP contribution in [0.4, 0.5) is 14.6 Å². The number of ether oxygens (including phenoxy) is 1. The standard InChI is InChI=1S/C32H36ClF2N7O2/c1-17-9-19(17)24-22(33)10-23-20(13-37-40-23)25(24)28-26(35)27-21(12-36-28)29(41-7-3-5-31(2,43)15-41)39-30(38-27)44-16-32-6-4-8-42(32)14-18(34)11-32/h10,12-13,17-19,43H,3-9,11,14-16H2,1-2H3,(H,37,40)/t17-,18+,19+,31+,32-/m0/s1. The molecule has 0 amide bonds. The highest BCUT2D eigenvalue weighted by Gasteiger charge is 2.49. The maximum atomic E-state index is 17.0. The molecule has 4 aliphatic rings. The van der Waals surface area contributed by atoms with Crippen LogP contribution >= 0.6 is 11.6 Å². The fraction of sp³-hybridized carbons (Fsp3) is 0.562. The Morgan fingerprint density at radius 2 is 2.00 bits per heavy atom. The zero-order valence-electron chi connectivity index (χ0n) is 24.9. The third-order valence-corrected chi connectivity index (χ3v) is 10.6. The molecule has 4 aromatic rings. The van der Waals surface area contributed by atoms with Gasteiger partial charge in [-0.05, 0) is 69.0 Å². The molecule has 4 fully saturated rings. The van der Waals surface area contributed by atoms with Gasteiger partial charge >= 0.3 is 6.01 Å². The van der Waals surface area contributed by atoms with Crippen LogP contribution in [0, 0.1) is 11.7 Å². The molecule has 44 heavy (non-hydrogen) atoms. The number of hydrogen-bond acceptors (Lipinski definition) is 8. The lowest BCUT2D eigenvalue weighted by Crippen LogP contribution is -2.46. The third-order valence-electron chi connectivity index (χ3n) is 10.3. The van der Waals surface area contributed by atoms with Crippen LogP contribution in [-0.2, 0) is 0 Å². The second kappa shape index (κ2) is 10.2. The first kappa shape index (κ1) is 28.3. The van der Waals surface area contributed by atoms with Crippen molar-refractivity contribution in [3.8, 4) is 17.3 Å². The average molecular weight is 624 g/mol. The van der Waals surface area contributed by atoms with Crippen LogP contribution in [0.5, 0.6) is 6.01 Å². The molecule has 1 aliphatic carbocycles. The van der Waals surface area contributed by atoms with Crippen LogP contribution in [0.25, 0.3) is 33.1 Å². The number of benzene rings is 1. The van der Waals surface area contributed by atoms with Gasteiger partial charge in [0.1, 0.15) is 29.8 Å². The van der Waals surface area contributed by atoms with Gasteiger partial charge in [-0.25, -0.2) is 8.78 Å². The number of H-pyrrole nitrogens is 1. The molecule has 0 bridgehead atoms. The highest BCUT2D eigenvalue weighted by molar-refractivity contribution is 6.33. The van der Waals surface area contributed by atoms with Gasteiger partial charge in [-0.2, -0.15) is 15.1 Å². The lowest BCUT2D eigenvalue weighted by molar-refractivity contribution is 0.0447. The Morgan fingerprint density at radius 3 is 2.80 bits per heavy atom. The molecule has 3 saturated heterocycles. The van der Waals surface area contributed by atoms with Crippen molar-refractivity contribution >= 4 is 39.2 Å². The molecule has 5 atom stereocenters. The van der Waals surface area contributed by atoms with Crippen LogP contribution in [-0.4, -0.2) is 85.3 Å². The summed E-state index contributed by atoms with van der Waals surface area (Å²) in [7, 11) is 0. The maximum absolute atomic E-state index is 17.0. The number of fused-ring (bicyclic) bond motifs is 3. The Bertz CT molecular complexity index is 1780.